The van der Waals surface area contributed by atoms with Gasteiger partial charge in [-0.25, -0.2) is 4.39 Å². The maximum atomic E-state index is 13.0. The van der Waals surface area contributed by atoms with Crippen molar-refractivity contribution in [3.8, 4) is 0 Å². The zero-order chi connectivity index (χ0) is 12.8. The summed E-state index contributed by atoms with van der Waals surface area (Å²) < 4.78 is 13.0. The Morgan fingerprint density at radius 1 is 1.53 bits per heavy atom. The van der Waals surface area contributed by atoms with Gasteiger partial charge in [0.1, 0.15) is 5.82 Å². The molecule has 1 N–H and O–H groups in total. The summed E-state index contributed by atoms with van der Waals surface area (Å²) >= 11 is 3.50. The van der Waals surface area contributed by atoms with Gasteiger partial charge in [-0.15, -0.1) is 0 Å². The van der Waals surface area contributed by atoms with Gasteiger partial charge in [0, 0.05) is 16.9 Å². The summed E-state index contributed by atoms with van der Waals surface area (Å²) in [5.41, 5.74) is 0.996. The van der Waals surface area contributed by atoms with Gasteiger partial charge >= 0.3 is 0 Å². The summed E-state index contributed by atoms with van der Waals surface area (Å²) in [5, 5.41) is 2.82. The average molecular weight is 302 g/mol. The van der Waals surface area contributed by atoms with E-state index in [2.05, 4.69) is 28.2 Å². The van der Waals surface area contributed by atoms with Gasteiger partial charge < -0.3 is 5.32 Å². The van der Waals surface area contributed by atoms with E-state index in [0.29, 0.717) is 22.5 Å². The van der Waals surface area contributed by atoms with Crippen LogP contribution in [0.1, 0.15) is 35.7 Å². The summed E-state index contributed by atoms with van der Waals surface area (Å²) in [6.45, 7) is 4.36. The van der Waals surface area contributed by atoms with Crippen LogP contribution >= 0.6 is 15.9 Å². The van der Waals surface area contributed by atoms with Gasteiger partial charge in [0.05, 0.1) is 0 Å². The Morgan fingerprint density at radius 3 is 2.82 bits per heavy atom. The van der Waals surface area contributed by atoms with Gasteiger partial charge in [0.25, 0.3) is 5.91 Å². The third-order valence-corrected chi connectivity index (χ3v) is 3.71. The van der Waals surface area contributed by atoms with Crippen LogP contribution in [0.15, 0.2) is 18.2 Å². The average Bonchev–Trinajstić information content (AvgIpc) is 2.32. The van der Waals surface area contributed by atoms with Gasteiger partial charge in [-0.3, -0.25) is 4.79 Å². The molecule has 1 rings (SSSR count). The molecular formula is C13H17BrFNO. The molecule has 0 saturated heterocycles. The highest BCUT2D eigenvalue weighted by Crippen LogP contribution is 2.10. The topological polar surface area (TPSA) is 29.1 Å². The minimum Gasteiger partial charge on any atom is -0.352 e. The Bertz CT molecular complexity index is 395. The maximum Gasteiger partial charge on any atom is 0.251 e. The van der Waals surface area contributed by atoms with Crippen LogP contribution in [-0.4, -0.2) is 17.3 Å². The molecular weight excluding hydrogens is 285 g/mol. The highest BCUT2D eigenvalue weighted by molar-refractivity contribution is 9.09. The van der Waals surface area contributed by atoms with Crippen LogP contribution in [0.3, 0.4) is 0 Å². The van der Waals surface area contributed by atoms with Crippen molar-refractivity contribution < 1.29 is 9.18 Å². The number of nitrogens with one attached hydrogen (secondary N) is 1. The number of hydrogen-bond acceptors (Lipinski definition) is 1. The minimum absolute atomic E-state index is 0.149. The molecule has 1 amide bonds. The fraction of sp³-hybridized carbons (Fsp3) is 0.462. The molecule has 4 heteroatoms. The predicted molar refractivity (Wildman–Crippen MR) is 71.1 cm³/mol. The second kappa shape index (κ2) is 6.74. The minimum atomic E-state index is -0.284. The molecule has 17 heavy (non-hydrogen) atoms. The Morgan fingerprint density at radius 2 is 2.24 bits per heavy atom. The number of alkyl halides is 1. The lowest BCUT2D eigenvalue weighted by Gasteiger charge is -2.08. The lowest BCUT2D eigenvalue weighted by molar-refractivity contribution is 0.0953. The number of halogens is 2. The zero-order valence-corrected chi connectivity index (χ0v) is 11.7. The van der Waals surface area contributed by atoms with Crippen LogP contribution in [0, 0.1) is 12.7 Å². The number of hydrogen-bond donors (Lipinski definition) is 1. The Labute approximate surface area is 110 Å². The number of aryl methyl sites for hydroxylation is 1. The molecule has 0 aliphatic carbocycles. The van der Waals surface area contributed by atoms with Crippen molar-refractivity contribution in [2.45, 2.75) is 31.5 Å². The van der Waals surface area contributed by atoms with Crippen LogP contribution in [0.4, 0.5) is 4.39 Å². The van der Waals surface area contributed by atoms with Crippen LogP contribution < -0.4 is 5.32 Å². The monoisotopic (exact) mass is 301 g/mol. The van der Waals surface area contributed by atoms with E-state index in [0.717, 1.165) is 12.8 Å². The van der Waals surface area contributed by atoms with Crippen molar-refractivity contribution in [1.82, 2.24) is 5.32 Å². The predicted octanol–water partition coefficient (Wildman–Crippen LogP) is 3.43. The van der Waals surface area contributed by atoms with E-state index >= 15 is 0 Å². The van der Waals surface area contributed by atoms with E-state index in [-0.39, 0.29) is 11.7 Å². The molecule has 2 nitrogen and oxygen atoms in total. The Hall–Kier alpha value is -0.900. The molecule has 1 aromatic carbocycles. The van der Waals surface area contributed by atoms with Gasteiger partial charge in [-0.2, -0.15) is 0 Å². The van der Waals surface area contributed by atoms with Crippen LogP contribution in [0.5, 0.6) is 0 Å². The molecule has 0 aliphatic heterocycles. The first-order valence-electron chi connectivity index (χ1n) is 5.73. The third-order valence-electron chi connectivity index (χ3n) is 2.61. The lowest BCUT2D eigenvalue weighted by Crippen LogP contribution is -2.26. The molecule has 0 bridgehead atoms. The summed E-state index contributed by atoms with van der Waals surface area (Å²) in [6, 6.07) is 4.39. The first-order valence-corrected chi connectivity index (χ1v) is 6.64. The van der Waals surface area contributed by atoms with Gasteiger partial charge in [-0.1, -0.05) is 22.9 Å². The highest BCUT2D eigenvalue weighted by Gasteiger charge is 2.08. The van der Waals surface area contributed by atoms with E-state index in [4.69, 9.17) is 0 Å². The second-order valence-electron chi connectivity index (χ2n) is 4.01. The summed E-state index contributed by atoms with van der Waals surface area (Å²) in [7, 11) is 0. The second-order valence-corrected chi connectivity index (χ2v) is 5.31. The summed E-state index contributed by atoms with van der Waals surface area (Å²) in [4.78, 5) is 12.2. The third kappa shape index (κ3) is 4.46. The van der Waals surface area contributed by atoms with Gasteiger partial charge in [-0.05, 0) is 43.5 Å². The van der Waals surface area contributed by atoms with E-state index < -0.39 is 0 Å². The van der Waals surface area contributed by atoms with E-state index in [1.165, 1.54) is 12.1 Å². The van der Waals surface area contributed by atoms with Gasteiger partial charge in [0.2, 0.25) is 0 Å². The van der Waals surface area contributed by atoms with Crippen molar-refractivity contribution in [3.05, 3.63) is 35.1 Å². The molecule has 0 aliphatic rings. The number of rotatable bonds is 5. The molecule has 1 aromatic rings. The molecule has 0 spiro atoms. The smallest absolute Gasteiger partial charge is 0.251 e. The first kappa shape index (κ1) is 14.2. The molecule has 0 saturated carbocycles. The quantitative estimate of drug-likeness (QED) is 0.830. The number of carbonyl (C=O) groups is 1. The van der Waals surface area contributed by atoms with E-state index in [1.54, 1.807) is 13.0 Å². The molecule has 94 valence electrons. The Kier molecular flexibility index (Phi) is 5.62. The number of benzene rings is 1. The fourth-order valence-electron chi connectivity index (χ4n) is 1.43. The SMILES string of the molecule is CCC(Br)CCNC(=O)c1ccc(F)c(C)c1. The van der Waals surface area contributed by atoms with Crippen molar-refractivity contribution in [2.75, 3.05) is 6.54 Å². The van der Waals surface area contributed by atoms with E-state index in [9.17, 15) is 9.18 Å². The molecule has 1 unspecified atom stereocenters. The molecule has 1 atom stereocenters. The van der Waals surface area contributed by atoms with Crippen molar-refractivity contribution >= 4 is 21.8 Å². The Balaban J connectivity index is 2.50. The number of carbonyl (C=O) groups excluding carboxylic acids is 1. The molecule has 0 radical (unpaired) electrons. The molecule has 0 heterocycles. The van der Waals surface area contributed by atoms with Crippen molar-refractivity contribution in [1.29, 1.82) is 0 Å². The molecule has 0 fully saturated rings. The zero-order valence-electron chi connectivity index (χ0n) is 10.1. The highest BCUT2D eigenvalue weighted by atomic mass is 79.9. The summed E-state index contributed by atoms with van der Waals surface area (Å²) in [5.74, 6) is -0.433. The maximum absolute atomic E-state index is 13.0. The largest absolute Gasteiger partial charge is 0.352 e. The van der Waals surface area contributed by atoms with E-state index in [1.807, 2.05) is 0 Å². The van der Waals surface area contributed by atoms with Crippen LogP contribution in [0.25, 0.3) is 0 Å². The first-order chi connectivity index (χ1) is 8.04. The van der Waals surface area contributed by atoms with Gasteiger partial charge in [0.15, 0.2) is 0 Å². The lowest BCUT2D eigenvalue weighted by atomic mass is 10.1. The fourth-order valence-corrected chi connectivity index (χ4v) is 1.66. The van der Waals surface area contributed by atoms with Crippen molar-refractivity contribution in [3.63, 3.8) is 0 Å². The number of amides is 1. The van der Waals surface area contributed by atoms with Crippen LogP contribution in [-0.2, 0) is 0 Å². The molecule has 0 aromatic heterocycles. The van der Waals surface area contributed by atoms with Crippen LogP contribution in [0.2, 0.25) is 0 Å². The normalized spacial score (nSPS) is 12.2. The standard InChI is InChI=1S/C13H17BrFNO/c1-3-11(14)6-7-16-13(17)10-4-5-12(15)9(2)8-10/h4-5,8,11H,3,6-7H2,1-2H3,(H,16,17). The summed E-state index contributed by atoms with van der Waals surface area (Å²) in [6.07, 6.45) is 1.92. The van der Waals surface area contributed by atoms with Crippen molar-refractivity contribution in [2.24, 2.45) is 0 Å².